The molecule has 0 amide bonds. The zero-order chi connectivity index (χ0) is 28.4. The lowest BCUT2D eigenvalue weighted by Gasteiger charge is -2.06. The van der Waals surface area contributed by atoms with E-state index in [0.717, 1.165) is 38.5 Å². The van der Waals surface area contributed by atoms with Crippen LogP contribution in [-0.4, -0.2) is 129 Å². The first-order valence-corrected chi connectivity index (χ1v) is 13.4. The van der Waals surface area contributed by atoms with Gasteiger partial charge in [-0.05, 0) is 32.1 Å². The minimum atomic E-state index is -0.210. The van der Waals surface area contributed by atoms with Crippen molar-refractivity contribution in [3.63, 3.8) is 0 Å². The van der Waals surface area contributed by atoms with Gasteiger partial charge in [-0.3, -0.25) is 9.59 Å². The van der Waals surface area contributed by atoms with Crippen molar-refractivity contribution in [2.45, 2.75) is 51.4 Å². The zero-order valence-electron chi connectivity index (χ0n) is 23.5. The number of cyclic esters (lactones) is 1. The lowest BCUT2D eigenvalue weighted by Crippen LogP contribution is -2.13. The Kier molecular flexibility index (Phi) is 36.3. The molecule has 0 spiro atoms. The second-order valence-corrected chi connectivity index (χ2v) is 7.94. The van der Waals surface area contributed by atoms with Gasteiger partial charge in [0.25, 0.3) is 0 Å². The van der Waals surface area contributed by atoms with Crippen LogP contribution >= 0.6 is 0 Å². The van der Waals surface area contributed by atoms with Gasteiger partial charge in [0.1, 0.15) is 6.61 Å². The molecule has 1 aliphatic rings. The van der Waals surface area contributed by atoms with Crippen LogP contribution in [0.25, 0.3) is 0 Å². The van der Waals surface area contributed by atoms with Crippen molar-refractivity contribution in [2.24, 2.45) is 0 Å². The Morgan fingerprint density at radius 3 is 1.79 bits per heavy atom. The van der Waals surface area contributed by atoms with Gasteiger partial charge in [0.15, 0.2) is 0 Å². The number of rotatable bonds is 22. The molecule has 2 N–H and O–H groups in total. The molecule has 0 bridgehead atoms. The van der Waals surface area contributed by atoms with Crippen LogP contribution in [0.4, 0.5) is 0 Å². The van der Waals surface area contributed by atoms with Crippen molar-refractivity contribution in [2.75, 3.05) is 107 Å². The molecule has 1 aliphatic heterocycles. The topological polar surface area (TPSA) is 148 Å². The van der Waals surface area contributed by atoms with E-state index in [4.69, 9.17) is 48.1 Å². The second-order valence-electron chi connectivity index (χ2n) is 7.94. The van der Waals surface area contributed by atoms with Gasteiger partial charge in [-0.25, -0.2) is 0 Å². The molecule has 0 unspecified atom stereocenters. The van der Waals surface area contributed by atoms with E-state index in [1.54, 1.807) is 14.2 Å². The van der Waals surface area contributed by atoms with E-state index in [1.807, 2.05) is 0 Å². The fourth-order valence-corrected chi connectivity index (χ4v) is 2.64. The summed E-state index contributed by atoms with van der Waals surface area (Å²) < 4.78 is 39.8. The van der Waals surface area contributed by atoms with E-state index in [1.165, 1.54) is 0 Å². The first-order valence-electron chi connectivity index (χ1n) is 13.4. The average Bonchev–Trinajstić information content (AvgIpc) is 3.18. The summed E-state index contributed by atoms with van der Waals surface area (Å²) in [6.07, 6.45) is 6.57. The van der Waals surface area contributed by atoms with Crippen LogP contribution < -0.4 is 0 Å². The fraction of sp³-hybridized carbons (Fsp3) is 0.923. The number of aliphatic hydroxyl groups excluding tert-OH is 2. The highest BCUT2D eigenvalue weighted by atomic mass is 16.6. The molecule has 1 rings (SSSR count). The monoisotopic (exact) mass is 556 g/mol. The van der Waals surface area contributed by atoms with Gasteiger partial charge >= 0.3 is 11.9 Å². The summed E-state index contributed by atoms with van der Waals surface area (Å²) in [4.78, 5) is 21.7. The lowest BCUT2D eigenvalue weighted by molar-refractivity contribution is -0.145. The lowest BCUT2D eigenvalue weighted by atomic mass is 10.2. The Bertz CT molecular complexity index is 461. The molecule has 38 heavy (non-hydrogen) atoms. The summed E-state index contributed by atoms with van der Waals surface area (Å²) in [7, 11) is 3.25. The van der Waals surface area contributed by atoms with E-state index in [0.29, 0.717) is 85.5 Å². The van der Waals surface area contributed by atoms with Gasteiger partial charge in [-0.2, -0.15) is 0 Å². The summed E-state index contributed by atoms with van der Waals surface area (Å²) in [5.41, 5.74) is 0. The van der Waals surface area contributed by atoms with Crippen LogP contribution in [-0.2, 0) is 47.5 Å². The van der Waals surface area contributed by atoms with Crippen LogP contribution in [0.1, 0.15) is 51.4 Å². The van der Waals surface area contributed by atoms with Crippen LogP contribution in [0.3, 0.4) is 0 Å². The SMILES string of the molecule is COCCOCCOCCO.COCCOCCOCCOC(=O)CCCCCO.O=C1CCCCCO1. The van der Waals surface area contributed by atoms with E-state index >= 15 is 0 Å². The van der Waals surface area contributed by atoms with E-state index in [2.05, 4.69) is 0 Å². The minimum absolute atomic E-state index is 0.0255. The molecule has 0 aromatic carbocycles. The van der Waals surface area contributed by atoms with Gasteiger partial charge in [-0.1, -0.05) is 6.42 Å². The number of methoxy groups -OCH3 is 2. The molecular formula is C26H52O12. The van der Waals surface area contributed by atoms with E-state index < -0.39 is 0 Å². The molecule has 12 heteroatoms. The standard InChI is InChI=1S/C13H26O6.C7H16O4.C6H10O2/c1-16-7-8-17-9-10-18-11-12-19-13(15)5-3-2-4-6-14;1-9-4-5-11-7-6-10-3-2-8;7-6-4-2-1-3-5-8-6/h14H,2-12H2,1H3;8H,2-7H2,1H3;1-5H2. The van der Waals surface area contributed by atoms with Crippen LogP contribution in [0, 0.1) is 0 Å². The quantitative estimate of drug-likeness (QED) is 0.147. The Morgan fingerprint density at radius 1 is 0.684 bits per heavy atom. The Morgan fingerprint density at radius 2 is 1.24 bits per heavy atom. The maximum absolute atomic E-state index is 11.2. The molecular weight excluding hydrogens is 504 g/mol. The minimum Gasteiger partial charge on any atom is -0.466 e. The normalized spacial score (nSPS) is 12.9. The molecule has 0 aliphatic carbocycles. The maximum Gasteiger partial charge on any atom is 0.305 e. The Hall–Kier alpha value is -1.38. The average molecular weight is 557 g/mol. The fourth-order valence-electron chi connectivity index (χ4n) is 2.64. The molecule has 1 fully saturated rings. The summed E-state index contributed by atoms with van der Waals surface area (Å²) in [6, 6.07) is 0. The summed E-state index contributed by atoms with van der Waals surface area (Å²) in [5.74, 6) is -0.236. The molecule has 0 atom stereocenters. The van der Waals surface area contributed by atoms with Gasteiger partial charge in [0.2, 0.25) is 0 Å². The van der Waals surface area contributed by atoms with Crippen molar-refractivity contribution in [3.8, 4) is 0 Å². The van der Waals surface area contributed by atoms with Crippen molar-refractivity contribution in [3.05, 3.63) is 0 Å². The number of ether oxygens (including phenoxy) is 8. The third-order valence-corrected chi connectivity index (χ3v) is 4.66. The molecule has 1 saturated heterocycles. The van der Waals surface area contributed by atoms with E-state index in [9.17, 15) is 9.59 Å². The third kappa shape index (κ3) is 36.8. The highest BCUT2D eigenvalue weighted by Crippen LogP contribution is 2.06. The van der Waals surface area contributed by atoms with Crippen molar-refractivity contribution < 1.29 is 57.7 Å². The highest BCUT2D eigenvalue weighted by Gasteiger charge is 2.05. The zero-order valence-corrected chi connectivity index (χ0v) is 23.5. The number of esters is 2. The summed E-state index contributed by atoms with van der Waals surface area (Å²) >= 11 is 0. The molecule has 1 heterocycles. The number of carbonyl (C=O) groups excluding carboxylic acids is 2. The van der Waals surface area contributed by atoms with Gasteiger partial charge in [0, 0.05) is 33.7 Å². The molecule has 0 saturated carbocycles. The summed E-state index contributed by atoms with van der Waals surface area (Å²) in [6.45, 7) is 6.35. The molecule has 12 nitrogen and oxygen atoms in total. The number of aliphatic hydroxyl groups is 2. The maximum atomic E-state index is 11.2. The van der Waals surface area contributed by atoms with Gasteiger partial charge in [0.05, 0.1) is 79.3 Å². The highest BCUT2D eigenvalue weighted by molar-refractivity contribution is 5.69. The van der Waals surface area contributed by atoms with Crippen LogP contribution in [0.5, 0.6) is 0 Å². The largest absolute Gasteiger partial charge is 0.466 e. The predicted octanol–water partition coefficient (Wildman–Crippen LogP) is 1.52. The smallest absolute Gasteiger partial charge is 0.305 e. The first-order chi connectivity index (χ1) is 18.6. The van der Waals surface area contributed by atoms with Crippen molar-refractivity contribution in [1.82, 2.24) is 0 Å². The summed E-state index contributed by atoms with van der Waals surface area (Å²) in [5, 5.41) is 16.9. The van der Waals surface area contributed by atoms with Crippen molar-refractivity contribution >= 4 is 11.9 Å². The number of hydrogen-bond donors (Lipinski definition) is 2. The number of hydrogen-bond acceptors (Lipinski definition) is 12. The number of carbonyl (C=O) groups is 2. The van der Waals surface area contributed by atoms with Crippen LogP contribution in [0.15, 0.2) is 0 Å². The van der Waals surface area contributed by atoms with Gasteiger partial charge < -0.3 is 48.1 Å². The molecule has 0 radical (unpaired) electrons. The third-order valence-electron chi connectivity index (χ3n) is 4.66. The predicted molar refractivity (Wildman–Crippen MR) is 140 cm³/mol. The molecule has 0 aromatic rings. The van der Waals surface area contributed by atoms with Gasteiger partial charge in [-0.15, -0.1) is 0 Å². The van der Waals surface area contributed by atoms with Crippen LogP contribution in [0.2, 0.25) is 0 Å². The first kappa shape index (κ1) is 38.8. The second kappa shape index (κ2) is 35.6. The molecule has 0 aromatic heterocycles. The van der Waals surface area contributed by atoms with E-state index in [-0.39, 0.29) is 31.8 Å². The number of unbranched alkanes of at least 4 members (excludes halogenated alkanes) is 2. The van der Waals surface area contributed by atoms with Crippen molar-refractivity contribution in [1.29, 1.82) is 0 Å². The Labute approximate surface area is 228 Å². The molecule has 228 valence electrons. The Balaban J connectivity index is 0.